The van der Waals surface area contributed by atoms with Gasteiger partial charge in [0.2, 0.25) is 0 Å². The van der Waals surface area contributed by atoms with Crippen molar-refractivity contribution in [2.75, 3.05) is 19.8 Å². The highest BCUT2D eigenvalue weighted by atomic mass is 16.5. The number of rotatable bonds is 8. The molecule has 5 heteroatoms. The Hall–Kier alpha value is -2.04. The van der Waals surface area contributed by atoms with E-state index in [1.165, 1.54) is 0 Å². The first-order chi connectivity index (χ1) is 10.1. The molecule has 0 saturated carbocycles. The van der Waals surface area contributed by atoms with E-state index in [1.807, 2.05) is 24.3 Å². The van der Waals surface area contributed by atoms with Gasteiger partial charge >= 0.3 is 5.97 Å². The van der Waals surface area contributed by atoms with E-state index in [0.717, 1.165) is 12.0 Å². The molecule has 0 saturated heterocycles. The molecule has 0 radical (unpaired) electrons. The quantitative estimate of drug-likeness (QED) is 0.747. The van der Waals surface area contributed by atoms with Crippen LogP contribution in [0.5, 0.6) is 5.75 Å². The van der Waals surface area contributed by atoms with Gasteiger partial charge in [-0.2, -0.15) is 0 Å². The molecule has 0 aromatic heterocycles. The molecule has 0 heterocycles. The molecule has 0 aliphatic heterocycles. The van der Waals surface area contributed by atoms with Crippen molar-refractivity contribution in [2.24, 2.45) is 0 Å². The summed E-state index contributed by atoms with van der Waals surface area (Å²) in [5.74, 6) is 0.273. The van der Waals surface area contributed by atoms with Gasteiger partial charge in [0.15, 0.2) is 6.61 Å². The van der Waals surface area contributed by atoms with Crippen LogP contribution in [0.15, 0.2) is 24.3 Å². The summed E-state index contributed by atoms with van der Waals surface area (Å²) in [6, 6.07) is 7.67. The van der Waals surface area contributed by atoms with Crippen LogP contribution in [0.25, 0.3) is 0 Å². The fourth-order valence-electron chi connectivity index (χ4n) is 1.82. The first-order valence-corrected chi connectivity index (χ1v) is 7.22. The molecule has 116 valence electrons. The summed E-state index contributed by atoms with van der Waals surface area (Å²) < 4.78 is 10.3. The fourth-order valence-corrected chi connectivity index (χ4v) is 1.82. The van der Waals surface area contributed by atoms with Crippen molar-refractivity contribution in [3.05, 3.63) is 29.8 Å². The Morgan fingerprint density at radius 1 is 1.24 bits per heavy atom. The van der Waals surface area contributed by atoms with E-state index in [4.69, 9.17) is 9.47 Å². The van der Waals surface area contributed by atoms with Crippen molar-refractivity contribution in [3.8, 4) is 5.75 Å². The highest BCUT2D eigenvalue weighted by molar-refractivity contribution is 5.82. The van der Waals surface area contributed by atoms with Crippen LogP contribution in [-0.4, -0.2) is 31.6 Å². The lowest BCUT2D eigenvalue weighted by molar-refractivity contribution is -0.143. The zero-order valence-corrected chi connectivity index (χ0v) is 12.8. The molecule has 1 aromatic carbocycles. The Bertz CT molecular complexity index is 473. The lowest BCUT2D eigenvalue weighted by atomic mass is 9.98. The van der Waals surface area contributed by atoms with Crippen LogP contribution >= 0.6 is 0 Å². The molecule has 1 N–H and O–H groups in total. The minimum absolute atomic E-state index is 0.118. The number of nitrogens with one attached hydrogen (secondary N) is 1. The second kappa shape index (κ2) is 9.00. The molecule has 0 spiro atoms. The van der Waals surface area contributed by atoms with Gasteiger partial charge in [0.1, 0.15) is 12.3 Å². The fraction of sp³-hybridized carbons (Fsp3) is 0.500. The molecule has 0 fully saturated rings. The summed E-state index contributed by atoms with van der Waals surface area (Å²) in [6.07, 6.45) is 0.995. The monoisotopic (exact) mass is 293 g/mol. The normalized spacial score (nSPS) is 11.6. The number of hydrogen-bond donors (Lipinski definition) is 1. The molecule has 0 bridgehead atoms. The van der Waals surface area contributed by atoms with Crippen molar-refractivity contribution >= 4 is 11.9 Å². The zero-order chi connectivity index (χ0) is 15.7. The molecule has 1 atom stereocenters. The molecule has 5 nitrogen and oxygen atoms in total. The molecule has 1 aromatic rings. The highest BCUT2D eigenvalue weighted by Gasteiger charge is 2.11. The Labute approximate surface area is 125 Å². The number of para-hydroxylation sites is 1. The van der Waals surface area contributed by atoms with Crippen molar-refractivity contribution in [1.82, 2.24) is 5.32 Å². The SMILES string of the molecule is CCOC(=O)CNC(=O)COc1ccccc1C(C)CC. The van der Waals surface area contributed by atoms with E-state index in [-0.39, 0.29) is 19.1 Å². The maximum Gasteiger partial charge on any atom is 0.325 e. The zero-order valence-electron chi connectivity index (χ0n) is 12.8. The summed E-state index contributed by atoms with van der Waals surface area (Å²) in [6.45, 7) is 5.98. The molecular weight excluding hydrogens is 270 g/mol. The Morgan fingerprint density at radius 3 is 2.62 bits per heavy atom. The van der Waals surface area contributed by atoms with Crippen LogP contribution < -0.4 is 10.1 Å². The largest absolute Gasteiger partial charge is 0.483 e. The number of benzene rings is 1. The first-order valence-electron chi connectivity index (χ1n) is 7.22. The maximum absolute atomic E-state index is 11.6. The predicted molar refractivity (Wildman–Crippen MR) is 80.3 cm³/mol. The van der Waals surface area contributed by atoms with E-state index in [2.05, 4.69) is 19.2 Å². The van der Waals surface area contributed by atoms with Gasteiger partial charge in [-0.15, -0.1) is 0 Å². The first kappa shape index (κ1) is 17.0. The number of hydrogen-bond acceptors (Lipinski definition) is 4. The van der Waals surface area contributed by atoms with E-state index in [0.29, 0.717) is 18.3 Å². The van der Waals surface area contributed by atoms with E-state index < -0.39 is 5.97 Å². The third-order valence-corrected chi connectivity index (χ3v) is 3.16. The molecule has 21 heavy (non-hydrogen) atoms. The number of carbonyl (C=O) groups is 2. The smallest absolute Gasteiger partial charge is 0.325 e. The van der Waals surface area contributed by atoms with Crippen molar-refractivity contribution in [3.63, 3.8) is 0 Å². The summed E-state index contributed by atoms with van der Waals surface area (Å²) in [7, 11) is 0. The number of ether oxygens (including phenoxy) is 2. The second-order valence-corrected chi connectivity index (χ2v) is 4.72. The molecule has 0 aliphatic rings. The van der Waals surface area contributed by atoms with Crippen molar-refractivity contribution in [2.45, 2.75) is 33.1 Å². The summed E-state index contributed by atoms with van der Waals surface area (Å²) in [5, 5.41) is 2.46. The van der Waals surface area contributed by atoms with Crippen LogP contribution in [-0.2, 0) is 14.3 Å². The molecule has 1 unspecified atom stereocenters. The van der Waals surface area contributed by atoms with Gasteiger partial charge in [-0.3, -0.25) is 9.59 Å². The van der Waals surface area contributed by atoms with Crippen LogP contribution in [0.2, 0.25) is 0 Å². The van der Waals surface area contributed by atoms with Gasteiger partial charge in [0.25, 0.3) is 5.91 Å². The predicted octanol–water partition coefficient (Wildman–Crippen LogP) is 2.26. The molecule has 0 aliphatic carbocycles. The van der Waals surface area contributed by atoms with Gasteiger partial charge in [-0.1, -0.05) is 32.0 Å². The third kappa shape index (κ3) is 5.85. The Balaban J connectivity index is 2.48. The average molecular weight is 293 g/mol. The minimum atomic E-state index is -0.453. The molecule has 1 amide bonds. The van der Waals surface area contributed by atoms with Crippen molar-refractivity contribution in [1.29, 1.82) is 0 Å². The lowest BCUT2D eigenvalue weighted by Crippen LogP contribution is -2.34. The number of amides is 1. The second-order valence-electron chi connectivity index (χ2n) is 4.72. The Morgan fingerprint density at radius 2 is 1.95 bits per heavy atom. The number of esters is 1. The maximum atomic E-state index is 11.6. The van der Waals surface area contributed by atoms with Crippen LogP contribution in [0.1, 0.15) is 38.7 Å². The molecular formula is C16H23NO4. The molecule has 1 rings (SSSR count). The van der Waals surface area contributed by atoms with Crippen LogP contribution in [0.4, 0.5) is 0 Å². The average Bonchev–Trinajstić information content (AvgIpc) is 2.50. The van der Waals surface area contributed by atoms with E-state index in [9.17, 15) is 9.59 Å². The van der Waals surface area contributed by atoms with Gasteiger partial charge in [0.05, 0.1) is 6.61 Å². The summed E-state index contributed by atoms with van der Waals surface area (Å²) in [5.41, 5.74) is 1.08. The van der Waals surface area contributed by atoms with E-state index >= 15 is 0 Å². The lowest BCUT2D eigenvalue weighted by Gasteiger charge is -2.15. The van der Waals surface area contributed by atoms with E-state index in [1.54, 1.807) is 6.92 Å². The van der Waals surface area contributed by atoms with Gasteiger partial charge < -0.3 is 14.8 Å². The highest BCUT2D eigenvalue weighted by Crippen LogP contribution is 2.28. The number of carbonyl (C=O) groups excluding carboxylic acids is 2. The summed E-state index contributed by atoms with van der Waals surface area (Å²) >= 11 is 0. The van der Waals surface area contributed by atoms with Crippen LogP contribution in [0, 0.1) is 0 Å². The minimum Gasteiger partial charge on any atom is -0.483 e. The van der Waals surface area contributed by atoms with Gasteiger partial charge in [0, 0.05) is 0 Å². The van der Waals surface area contributed by atoms with Gasteiger partial charge in [-0.25, -0.2) is 0 Å². The summed E-state index contributed by atoms with van der Waals surface area (Å²) in [4.78, 5) is 22.8. The van der Waals surface area contributed by atoms with Crippen molar-refractivity contribution < 1.29 is 19.1 Å². The standard InChI is InChI=1S/C16H23NO4/c1-4-12(3)13-8-6-7-9-14(13)21-11-15(18)17-10-16(19)20-5-2/h6-9,12H,4-5,10-11H2,1-3H3,(H,17,18). The van der Waals surface area contributed by atoms with Crippen LogP contribution in [0.3, 0.4) is 0 Å². The Kier molecular flexibility index (Phi) is 7.29. The third-order valence-electron chi connectivity index (χ3n) is 3.16. The van der Waals surface area contributed by atoms with Gasteiger partial charge in [-0.05, 0) is 30.9 Å². The topological polar surface area (TPSA) is 64.6 Å².